The molecular weight excluding hydrogens is 332 g/mol. The molecule has 3 rings (SSSR count). The van der Waals surface area contributed by atoms with E-state index >= 15 is 0 Å². The largest absolute Gasteiger partial charge is 0.497 e. The zero-order valence-corrected chi connectivity index (χ0v) is 13.3. The van der Waals surface area contributed by atoms with Crippen molar-refractivity contribution in [1.82, 2.24) is 5.43 Å². The smallest absolute Gasteiger partial charge is 0.127 e. The van der Waals surface area contributed by atoms with Crippen LogP contribution in [0.25, 0.3) is 0 Å². The number of hydrogen-bond donors (Lipinski definition) is 2. The average molecular weight is 349 g/mol. The van der Waals surface area contributed by atoms with Crippen molar-refractivity contribution in [1.29, 1.82) is 0 Å². The zero-order valence-electron chi connectivity index (χ0n) is 11.7. The Morgan fingerprint density at radius 3 is 2.90 bits per heavy atom. The predicted molar refractivity (Wildman–Crippen MR) is 85.5 cm³/mol. The van der Waals surface area contributed by atoms with Crippen molar-refractivity contribution in [2.75, 3.05) is 13.7 Å². The van der Waals surface area contributed by atoms with Gasteiger partial charge < -0.3 is 9.47 Å². The Hall–Kier alpha value is -1.56. The van der Waals surface area contributed by atoms with Gasteiger partial charge in [-0.3, -0.25) is 5.84 Å². The lowest BCUT2D eigenvalue weighted by Gasteiger charge is -2.21. The van der Waals surface area contributed by atoms with Crippen molar-refractivity contribution in [2.45, 2.75) is 12.5 Å². The number of ether oxygens (including phenoxy) is 2. The monoisotopic (exact) mass is 348 g/mol. The molecule has 21 heavy (non-hydrogen) atoms. The molecule has 0 aliphatic carbocycles. The molecule has 0 saturated carbocycles. The van der Waals surface area contributed by atoms with Crippen LogP contribution in [0.3, 0.4) is 0 Å². The molecule has 0 bridgehead atoms. The second-order valence-corrected chi connectivity index (χ2v) is 5.78. The number of methoxy groups -OCH3 is 1. The van der Waals surface area contributed by atoms with Crippen LogP contribution in [0.15, 0.2) is 40.9 Å². The molecule has 0 aromatic heterocycles. The molecule has 0 fully saturated rings. The molecule has 0 saturated heterocycles. The van der Waals surface area contributed by atoms with Crippen LogP contribution in [0.2, 0.25) is 0 Å². The van der Waals surface area contributed by atoms with E-state index in [1.54, 1.807) is 7.11 Å². The Balaban J connectivity index is 2.09. The fourth-order valence-electron chi connectivity index (χ4n) is 2.69. The summed E-state index contributed by atoms with van der Waals surface area (Å²) < 4.78 is 12.1. The molecule has 1 aliphatic rings. The van der Waals surface area contributed by atoms with E-state index in [4.69, 9.17) is 15.3 Å². The van der Waals surface area contributed by atoms with E-state index in [0.29, 0.717) is 0 Å². The van der Waals surface area contributed by atoms with E-state index in [-0.39, 0.29) is 6.04 Å². The number of halogens is 1. The normalized spacial score (nSPS) is 14.4. The third-order valence-corrected chi connectivity index (χ3v) is 4.46. The first-order valence-electron chi connectivity index (χ1n) is 6.78. The van der Waals surface area contributed by atoms with Crippen LogP contribution < -0.4 is 20.7 Å². The first kappa shape index (κ1) is 14.4. The molecule has 4 nitrogen and oxygen atoms in total. The van der Waals surface area contributed by atoms with Gasteiger partial charge in [0.25, 0.3) is 0 Å². The third-order valence-electron chi connectivity index (χ3n) is 3.74. The Bertz CT molecular complexity index is 661. The van der Waals surface area contributed by atoms with Gasteiger partial charge in [0.15, 0.2) is 0 Å². The Labute approximate surface area is 132 Å². The molecule has 1 unspecified atom stereocenters. The van der Waals surface area contributed by atoms with Crippen molar-refractivity contribution in [3.05, 3.63) is 57.6 Å². The molecule has 0 amide bonds. The molecule has 1 aliphatic heterocycles. The van der Waals surface area contributed by atoms with Gasteiger partial charge in [-0.2, -0.15) is 0 Å². The van der Waals surface area contributed by atoms with E-state index in [1.807, 2.05) is 30.3 Å². The predicted octanol–water partition coefficient (Wildman–Crippen LogP) is 2.95. The van der Waals surface area contributed by atoms with Gasteiger partial charge in [-0.05, 0) is 29.3 Å². The maximum absolute atomic E-state index is 5.82. The quantitative estimate of drug-likeness (QED) is 0.658. The second kappa shape index (κ2) is 6.05. The molecular formula is C16H17BrN2O2. The molecule has 1 atom stereocenters. The van der Waals surface area contributed by atoms with Crippen LogP contribution in [0.5, 0.6) is 11.5 Å². The summed E-state index contributed by atoms with van der Waals surface area (Å²) in [7, 11) is 1.65. The summed E-state index contributed by atoms with van der Waals surface area (Å²) in [5.74, 6) is 7.56. The van der Waals surface area contributed by atoms with E-state index < -0.39 is 0 Å². The maximum atomic E-state index is 5.82. The minimum Gasteiger partial charge on any atom is -0.497 e. The van der Waals surface area contributed by atoms with Crippen LogP contribution in [0.4, 0.5) is 0 Å². The molecule has 2 aromatic carbocycles. The molecule has 110 valence electrons. The van der Waals surface area contributed by atoms with Gasteiger partial charge in [-0.25, -0.2) is 5.43 Å². The first-order valence-corrected chi connectivity index (χ1v) is 7.58. The summed E-state index contributed by atoms with van der Waals surface area (Å²) in [5, 5.41) is 0. The maximum Gasteiger partial charge on any atom is 0.127 e. The van der Waals surface area contributed by atoms with Crippen LogP contribution in [0, 0.1) is 0 Å². The fourth-order valence-corrected chi connectivity index (χ4v) is 3.16. The topological polar surface area (TPSA) is 56.5 Å². The van der Waals surface area contributed by atoms with Crippen molar-refractivity contribution in [3.8, 4) is 11.5 Å². The Morgan fingerprint density at radius 2 is 2.14 bits per heavy atom. The highest BCUT2D eigenvalue weighted by Gasteiger charge is 2.24. The summed E-state index contributed by atoms with van der Waals surface area (Å²) in [6.45, 7) is 0.725. The van der Waals surface area contributed by atoms with Crippen molar-refractivity contribution in [2.24, 2.45) is 5.84 Å². The number of hydrogen-bond acceptors (Lipinski definition) is 4. The van der Waals surface area contributed by atoms with Gasteiger partial charge in [-0.15, -0.1) is 0 Å². The van der Waals surface area contributed by atoms with E-state index in [0.717, 1.165) is 40.1 Å². The third kappa shape index (κ3) is 2.64. The lowest BCUT2D eigenvalue weighted by atomic mass is 9.96. The van der Waals surface area contributed by atoms with Crippen molar-refractivity contribution < 1.29 is 9.47 Å². The summed E-state index contributed by atoms with van der Waals surface area (Å²) in [6.07, 6.45) is 0.944. The molecule has 0 radical (unpaired) electrons. The lowest BCUT2D eigenvalue weighted by Crippen LogP contribution is -2.29. The average Bonchev–Trinajstić information content (AvgIpc) is 2.99. The molecule has 1 heterocycles. The van der Waals surface area contributed by atoms with Gasteiger partial charge in [0.1, 0.15) is 11.5 Å². The number of hydrazine groups is 1. The van der Waals surface area contributed by atoms with Gasteiger partial charge in [0, 0.05) is 16.5 Å². The molecule has 5 heteroatoms. The minimum atomic E-state index is -0.164. The van der Waals surface area contributed by atoms with Crippen LogP contribution >= 0.6 is 15.9 Å². The highest BCUT2D eigenvalue weighted by Crippen LogP contribution is 2.38. The van der Waals surface area contributed by atoms with Gasteiger partial charge >= 0.3 is 0 Å². The van der Waals surface area contributed by atoms with E-state index in [1.165, 1.54) is 5.56 Å². The minimum absolute atomic E-state index is 0.164. The summed E-state index contributed by atoms with van der Waals surface area (Å²) in [4.78, 5) is 0. The van der Waals surface area contributed by atoms with Crippen molar-refractivity contribution >= 4 is 15.9 Å². The Kier molecular flexibility index (Phi) is 4.14. The van der Waals surface area contributed by atoms with E-state index in [9.17, 15) is 0 Å². The van der Waals surface area contributed by atoms with Crippen LogP contribution in [0.1, 0.15) is 22.7 Å². The van der Waals surface area contributed by atoms with Crippen LogP contribution in [-0.2, 0) is 6.42 Å². The highest BCUT2D eigenvalue weighted by molar-refractivity contribution is 9.10. The zero-order chi connectivity index (χ0) is 14.8. The van der Waals surface area contributed by atoms with Gasteiger partial charge in [-0.1, -0.05) is 34.1 Å². The van der Waals surface area contributed by atoms with E-state index in [2.05, 4.69) is 27.4 Å². The summed E-state index contributed by atoms with van der Waals surface area (Å²) in [6, 6.07) is 11.9. The molecule has 2 aromatic rings. The lowest BCUT2D eigenvalue weighted by molar-refractivity contribution is 0.350. The van der Waals surface area contributed by atoms with Crippen LogP contribution in [-0.4, -0.2) is 13.7 Å². The Morgan fingerprint density at radius 1 is 1.29 bits per heavy atom. The van der Waals surface area contributed by atoms with Gasteiger partial charge in [0.2, 0.25) is 0 Å². The fraction of sp³-hybridized carbons (Fsp3) is 0.250. The first-order chi connectivity index (χ1) is 10.2. The number of nitrogens with two attached hydrogens (primary N) is 1. The second-order valence-electron chi connectivity index (χ2n) is 4.92. The van der Waals surface area contributed by atoms with Crippen molar-refractivity contribution in [3.63, 3.8) is 0 Å². The number of rotatable bonds is 4. The summed E-state index contributed by atoms with van der Waals surface area (Å²) in [5.41, 5.74) is 6.18. The van der Waals surface area contributed by atoms with Gasteiger partial charge in [0.05, 0.1) is 19.8 Å². The number of para-hydroxylation sites is 1. The SMILES string of the molecule is COc1ccc(Br)c(C(NN)c2cccc3c2OCC3)c1. The molecule has 3 N–H and O–H groups in total. The summed E-state index contributed by atoms with van der Waals surface area (Å²) >= 11 is 3.59. The standard InChI is InChI=1S/C16H17BrN2O2/c1-20-11-5-6-14(17)13(9-11)15(19-18)12-4-2-3-10-7-8-21-16(10)12/h2-6,9,15,19H,7-8,18H2,1H3. The highest BCUT2D eigenvalue weighted by atomic mass is 79.9. The number of nitrogens with one attached hydrogen (secondary N) is 1. The number of fused-ring (bicyclic) bond motifs is 1. The molecule has 0 spiro atoms. The number of benzene rings is 2.